The summed E-state index contributed by atoms with van der Waals surface area (Å²) in [6, 6.07) is 16.8. The van der Waals surface area contributed by atoms with E-state index in [-0.39, 0.29) is 11.8 Å². The highest BCUT2D eigenvalue weighted by atomic mass is 16.2. The fourth-order valence-electron chi connectivity index (χ4n) is 3.80. The van der Waals surface area contributed by atoms with E-state index in [0.717, 1.165) is 29.8 Å². The second-order valence-electron chi connectivity index (χ2n) is 7.60. The largest absolute Gasteiger partial charge is 0.338 e. The summed E-state index contributed by atoms with van der Waals surface area (Å²) in [5.74, 6) is 0.640. The molecule has 31 heavy (non-hydrogen) atoms. The van der Waals surface area contributed by atoms with Gasteiger partial charge in [-0.25, -0.2) is 9.97 Å². The van der Waals surface area contributed by atoms with Gasteiger partial charge in [0.2, 0.25) is 11.7 Å². The fraction of sp³-hybridized carbons (Fsp3) is 0.167. The predicted molar refractivity (Wildman–Crippen MR) is 117 cm³/mol. The van der Waals surface area contributed by atoms with E-state index >= 15 is 0 Å². The number of anilines is 1. The van der Waals surface area contributed by atoms with E-state index in [9.17, 15) is 9.59 Å². The Labute approximate surface area is 179 Å². The van der Waals surface area contributed by atoms with Crippen LogP contribution in [0.2, 0.25) is 0 Å². The number of carbonyl (C=O) groups excluding carboxylic acids is 2. The molecule has 1 saturated heterocycles. The van der Waals surface area contributed by atoms with Gasteiger partial charge in [-0.1, -0.05) is 24.3 Å². The van der Waals surface area contributed by atoms with Gasteiger partial charge in [0.25, 0.3) is 5.91 Å². The van der Waals surface area contributed by atoms with Crippen molar-refractivity contribution in [3.05, 3.63) is 84.3 Å². The third kappa shape index (κ3) is 4.02. The molecule has 4 aromatic rings. The van der Waals surface area contributed by atoms with Crippen molar-refractivity contribution < 1.29 is 9.59 Å². The Bertz CT molecular complexity index is 1230. The molecule has 2 aromatic heterocycles. The number of benzene rings is 2. The molecule has 3 heterocycles. The van der Waals surface area contributed by atoms with Crippen LogP contribution in [0.3, 0.4) is 0 Å². The van der Waals surface area contributed by atoms with Gasteiger partial charge in [-0.15, -0.1) is 0 Å². The summed E-state index contributed by atoms with van der Waals surface area (Å²) in [4.78, 5) is 35.2. The summed E-state index contributed by atoms with van der Waals surface area (Å²) in [6.45, 7) is 1.33. The van der Waals surface area contributed by atoms with E-state index in [1.807, 2.05) is 70.2 Å². The minimum absolute atomic E-state index is 0.177. The van der Waals surface area contributed by atoms with Crippen LogP contribution in [0.4, 0.5) is 5.69 Å². The number of hydrogen-bond donors (Lipinski definition) is 1. The molecule has 1 aliphatic rings. The average molecular weight is 411 g/mol. The van der Waals surface area contributed by atoms with Crippen LogP contribution in [0.15, 0.2) is 73.2 Å². The van der Waals surface area contributed by atoms with Crippen LogP contribution < -0.4 is 5.32 Å². The number of likely N-dealkylation sites (tertiary alicyclic amines) is 1. The first-order valence-electron chi connectivity index (χ1n) is 10.2. The van der Waals surface area contributed by atoms with Crippen LogP contribution in [0.5, 0.6) is 0 Å². The van der Waals surface area contributed by atoms with Crippen molar-refractivity contribution in [1.82, 2.24) is 19.3 Å². The summed E-state index contributed by atoms with van der Waals surface area (Å²) < 4.78 is 1.87. The van der Waals surface area contributed by atoms with E-state index < -0.39 is 0 Å². The Morgan fingerprint density at radius 3 is 2.74 bits per heavy atom. The van der Waals surface area contributed by atoms with Crippen LogP contribution in [-0.4, -0.2) is 37.6 Å². The summed E-state index contributed by atoms with van der Waals surface area (Å²) in [6.07, 6.45) is 7.05. The molecule has 0 spiro atoms. The maximum Gasteiger partial charge on any atom is 0.255 e. The molecule has 1 aliphatic heterocycles. The van der Waals surface area contributed by atoms with E-state index in [1.165, 1.54) is 0 Å². The van der Waals surface area contributed by atoms with Crippen LogP contribution in [0.25, 0.3) is 17.0 Å². The van der Waals surface area contributed by atoms with Gasteiger partial charge in [0, 0.05) is 54.9 Å². The molecule has 1 fully saturated rings. The van der Waals surface area contributed by atoms with Crippen molar-refractivity contribution in [2.75, 3.05) is 11.9 Å². The Kier molecular flexibility index (Phi) is 4.92. The molecule has 0 saturated carbocycles. The first-order valence-corrected chi connectivity index (χ1v) is 10.2. The molecule has 2 amide bonds. The zero-order valence-electron chi connectivity index (χ0n) is 16.9. The molecular weight excluding hydrogens is 390 g/mol. The Morgan fingerprint density at radius 1 is 1.10 bits per heavy atom. The van der Waals surface area contributed by atoms with E-state index in [2.05, 4.69) is 15.3 Å². The van der Waals surface area contributed by atoms with Crippen LogP contribution >= 0.6 is 0 Å². The van der Waals surface area contributed by atoms with Crippen molar-refractivity contribution >= 4 is 23.3 Å². The van der Waals surface area contributed by atoms with E-state index in [1.54, 1.807) is 12.3 Å². The Morgan fingerprint density at radius 2 is 1.97 bits per heavy atom. The Balaban J connectivity index is 1.28. The molecule has 0 unspecified atom stereocenters. The molecule has 0 aliphatic carbocycles. The van der Waals surface area contributed by atoms with Gasteiger partial charge >= 0.3 is 0 Å². The third-order valence-electron chi connectivity index (χ3n) is 5.41. The first kappa shape index (κ1) is 19.0. The van der Waals surface area contributed by atoms with Gasteiger partial charge in [-0.3, -0.25) is 14.0 Å². The normalized spacial score (nSPS) is 13.7. The van der Waals surface area contributed by atoms with Gasteiger partial charge in [0.1, 0.15) is 0 Å². The van der Waals surface area contributed by atoms with Crippen molar-refractivity contribution in [3.63, 3.8) is 0 Å². The number of fused-ring (bicyclic) bond motifs is 1. The summed E-state index contributed by atoms with van der Waals surface area (Å²) >= 11 is 0. The average Bonchev–Trinajstić information content (AvgIpc) is 3.40. The lowest BCUT2D eigenvalue weighted by Crippen LogP contribution is -2.24. The smallest absolute Gasteiger partial charge is 0.255 e. The minimum Gasteiger partial charge on any atom is -0.338 e. The summed E-state index contributed by atoms with van der Waals surface area (Å²) in [7, 11) is 0. The van der Waals surface area contributed by atoms with Gasteiger partial charge < -0.3 is 10.2 Å². The molecule has 0 atom stereocenters. The van der Waals surface area contributed by atoms with Gasteiger partial charge in [-0.2, -0.15) is 0 Å². The van der Waals surface area contributed by atoms with E-state index in [0.29, 0.717) is 30.0 Å². The zero-order chi connectivity index (χ0) is 21.2. The third-order valence-corrected chi connectivity index (χ3v) is 5.41. The van der Waals surface area contributed by atoms with Crippen LogP contribution in [0.1, 0.15) is 28.8 Å². The highest BCUT2D eigenvalue weighted by Gasteiger charge is 2.20. The number of hydrogen-bond acceptors (Lipinski definition) is 4. The van der Waals surface area contributed by atoms with E-state index in [4.69, 9.17) is 0 Å². The molecule has 1 N–H and O–H groups in total. The molecule has 2 aromatic carbocycles. The second-order valence-corrected chi connectivity index (χ2v) is 7.60. The molecular formula is C24H21N5O2. The number of imidazole rings is 1. The van der Waals surface area contributed by atoms with Crippen molar-refractivity contribution in [1.29, 1.82) is 0 Å². The summed E-state index contributed by atoms with van der Waals surface area (Å²) in [5.41, 5.74) is 4.00. The number of carbonyl (C=O) groups is 2. The summed E-state index contributed by atoms with van der Waals surface area (Å²) in [5, 5.41) is 2.94. The number of aromatic nitrogens is 3. The number of rotatable bonds is 5. The minimum atomic E-state index is -0.181. The topological polar surface area (TPSA) is 79.6 Å². The van der Waals surface area contributed by atoms with Crippen molar-refractivity contribution in [3.8, 4) is 11.3 Å². The molecule has 0 bridgehead atoms. The Hall–Kier alpha value is -4.00. The first-order chi connectivity index (χ1) is 15.2. The standard InChI is InChI=1S/C24H21N5O2/c30-22-6-2-12-28(22)15-17-4-1-5-19(14-17)23(31)26-20-9-7-18(8-10-20)21-16-29-13-3-11-25-24(29)27-21/h1,3-5,7-11,13-14,16H,2,6,12,15H2,(H,26,31). The monoisotopic (exact) mass is 411 g/mol. The molecule has 5 rings (SSSR count). The van der Waals surface area contributed by atoms with Gasteiger partial charge in [0.15, 0.2) is 0 Å². The maximum absolute atomic E-state index is 12.7. The maximum atomic E-state index is 12.7. The highest BCUT2D eigenvalue weighted by Crippen LogP contribution is 2.21. The lowest BCUT2D eigenvalue weighted by Gasteiger charge is -2.16. The highest BCUT2D eigenvalue weighted by molar-refractivity contribution is 6.04. The SMILES string of the molecule is O=C(Nc1ccc(-c2cn3cccnc3n2)cc1)c1cccc(CN2CCCC2=O)c1. The predicted octanol–water partition coefficient (Wildman–Crippen LogP) is 3.77. The van der Waals surface area contributed by atoms with Gasteiger partial charge in [-0.05, 0) is 42.3 Å². The fourth-order valence-corrected chi connectivity index (χ4v) is 3.80. The number of amides is 2. The lowest BCUT2D eigenvalue weighted by molar-refractivity contribution is -0.128. The number of nitrogens with zero attached hydrogens (tertiary/aromatic N) is 4. The number of nitrogens with one attached hydrogen (secondary N) is 1. The van der Waals surface area contributed by atoms with Crippen LogP contribution in [-0.2, 0) is 11.3 Å². The van der Waals surface area contributed by atoms with Crippen molar-refractivity contribution in [2.24, 2.45) is 0 Å². The second kappa shape index (κ2) is 8.02. The van der Waals surface area contributed by atoms with Gasteiger partial charge in [0.05, 0.1) is 5.69 Å². The lowest BCUT2D eigenvalue weighted by atomic mass is 10.1. The zero-order valence-corrected chi connectivity index (χ0v) is 16.9. The molecule has 0 radical (unpaired) electrons. The quantitative estimate of drug-likeness (QED) is 0.542. The molecule has 154 valence electrons. The van der Waals surface area contributed by atoms with Crippen LogP contribution in [0, 0.1) is 0 Å². The van der Waals surface area contributed by atoms with Crippen molar-refractivity contribution in [2.45, 2.75) is 19.4 Å². The molecule has 7 heteroatoms. The molecule has 7 nitrogen and oxygen atoms in total.